The highest BCUT2D eigenvalue weighted by molar-refractivity contribution is 6.31. The van der Waals surface area contributed by atoms with Gasteiger partial charge in [-0.05, 0) is 63.4 Å². The van der Waals surface area contributed by atoms with Crippen LogP contribution >= 0.6 is 11.6 Å². The zero-order valence-corrected chi connectivity index (χ0v) is 13.9. The quantitative estimate of drug-likeness (QED) is 0.773. The van der Waals surface area contributed by atoms with Crippen LogP contribution in [-0.4, -0.2) is 31.6 Å². The van der Waals surface area contributed by atoms with Crippen LogP contribution in [0.2, 0.25) is 5.02 Å². The molecule has 0 radical (unpaired) electrons. The van der Waals surface area contributed by atoms with Crippen molar-refractivity contribution in [2.45, 2.75) is 32.6 Å². The average Bonchev–Trinajstić information content (AvgIpc) is 2.81. The molecular formula is C18H24ClNO. The smallest absolute Gasteiger partial charge is 0.123 e. The van der Waals surface area contributed by atoms with Crippen LogP contribution in [-0.2, 0) is 6.42 Å². The lowest BCUT2D eigenvalue weighted by Gasteiger charge is -2.30. The number of nitrogens with zero attached hydrogens (tertiary/aromatic N) is 1. The topological polar surface area (TPSA) is 12.5 Å². The van der Waals surface area contributed by atoms with Crippen LogP contribution in [0, 0.1) is 5.92 Å². The summed E-state index contributed by atoms with van der Waals surface area (Å²) in [6.07, 6.45) is 4.46. The monoisotopic (exact) mass is 305 g/mol. The summed E-state index contributed by atoms with van der Waals surface area (Å²) in [7, 11) is 2.21. The van der Waals surface area contributed by atoms with Crippen molar-refractivity contribution in [2.24, 2.45) is 5.92 Å². The molecule has 2 atom stereocenters. The summed E-state index contributed by atoms with van der Waals surface area (Å²) in [6, 6.07) is 4.05. The minimum atomic E-state index is 0.583. The third kappa shape index (κ3) is 2.97. The molecule has 1 aromatic rings. The number of likely N-dealkylation sites (tertiary alicyclic amines) is 1. The molecule has 0 spiro atoms. The molecule has 1 aliphatic carbocycles. The van der Waals surface area contributed by atoms with Gasteiger partial charge in [0.05, 0.1) is 0 Å². The molecule has 3 heteroatoms. The molecule has 1 saturated heterocycles. The maximum absolute atomic E-state index is 6.44. The van der Waals surface area contributed by atoms with Crippen LogP contribution in [0.5, 0.6) is 5.75 Å². The Kier molecular flexibility index (Phi) is 4.28. The second kappa shape index (κ2) is 6.02. The van der Waals surface area contributed by atoms with E-state index < -0.39 is 0 Å². The number of ether oxygens (including phenoxy) is 1. The van der Waals surface area contributed by atoms with E-state index in [0.29, 0.717) is 12.5 Å². The minimum absolute atomic E-state index is 0.583. The highest BCUT2D eigenvalue weighted by Gasteiger charge is 2.38. The first-order chi connectivity index (χ1) is 10.1. The summed E-state index contributed by atoms with van der Waals surface area (Å²) in [5, 5.41) is 0.910. The molecule has 0 amide bonds. The van der Waals surface area contributed by atoms with Crippen LogP contribution in [0.3, 0.4) is 0 Å². The fraction of sp³-hybridized carbons (Fsp3) is 0.556. The van der Waals surface area contributed by atoms with E-state index >= 15 is 0 Å². The molecule has 1 fully saturated rings. The summed E-state index contributed by atoms with van der Waals surface area (Å²) in [5.41, 5.74) is 3.99. The van der Waals surface area contributed by atoms with Gasteiger partial charge in [-0.1, -0.05) is 17.2 Å². The van der Waals surface area contributed by atoms with E-state index in [0.717, 1.165) is 29.7 Å². The zero-order valence-electron chi connectivity index (χ0n) is 13.2. The second-order valence-corrected chi connectivity index (χ2v) is 7.06. The number of benzene rings is 1. The number of allylic oxidation sites excluding steroid dienone is 1. The first-order valence-electron chi connectivity index (χ1n) is 7.82. The summed E-state index contributed by atoms with van der Waals surface area (Å²) in [4.78, 5) is 2.44. The first-order valence-corrected chi connectivity index (χ1v) is 8.20. The van der Waals surface area contributed by atoms with Crippen molar-refractivity contribution in [1.82, 2.24) is 4.90 Å². The highest BCUT2D eigenvalue weighted by atomic mass is 35.5. The van der Waals surface area contributed by atoms with E-state index in [-0.39, 0.29) is 0 Å². The van der Waals surface area contributed by atoms with Crippen LogP contribution in [0.15, 0.2) is 23.8 Å². The van der Waals surface area contributed by atoms with Crippen molar-refractivity contribution >= 4 is 11.6 Å². The number of likely N-dealkylation sites (N-methyl/N-ethyl adjacent to an activating group) is 1. The summed E-state index contributed by atoms with van der Waals surface area (Å²) in [5.74, 6) is 2.38. The normalized spacial score (nSPS) is 24.4. The first kappa shape index (κ1) is 14.9. The Hall–Kier alpha value is -0.990. The molecule has 1 aromatic carbocycles. The maximum Gasteiger partial charge on any atom is 0.123 e. The molecule has 21 heavy (non-hydrogen) atoms. The Labute approximate surface area is 132 Å². The number of halogens is 1. The molecule has 2 aliphatic rings. The Morgan fingerprint density at radius 2 is 2.19 bits per heavy atom. The van der Waals surface area contributed by atoms with Gasteiger partial charge >= 0.3 is 0 Å². The molecule has 0 saturated carbocycles. The van der Waals surface area contributed by atoms with E-state index in [9.17, 15) is 0 Å². The van der Waals surface area contributed by atoms with Gasteiger partial charge in [0.1, 0.15) is 12.4 Å². The molecule has 3 rings (SSSR count). The van der Waals surface area contributed by atoms with Crippen molar-refractivity contribution in [1.29, 1.82) is 0 Å². The van der Waals surface area contributed by atoms with Crippen molar-refractivity contribution in [3.05, 3.63) is 39.9 Å². The van der Waals surface area contributed by atoms with Crippen molar-refractivity contribution in [3.63, 3.8) is 0 Å². The van der Waals surface area contributed by atoms with E-state index in [2.05, 4.69) is 37.9 Å². The molecule has 2 nitrogen and oxygen atoms in total. The Morgan fingerprint density at radius 3 is 2.95 bits per heavy atom. The van der Waals surface area contributed by atoms with Gasteiger partial charge in [-0.3, -0.25) is 0 Å². The molecule has 1 heterocycles. The largest absolute Gasteiger partial charge is 0.489 e. The van der Waals surface area contributed by atoms with Gasteiger partial charge in [0, 0.05) is 29.6 Å². The van der Waals surface area contributed by atoms with Gasteiger partial charge in [0.15, 0.2) is 0 Å². The molecule has 114 valence electrons. The lowest BCUT2D eigenvalue weighted by Crippen LogP contribution is -2.20. The van der Waals surface area contributed by atoms with E-state index in [1.165, 1.54) is 29.7 Å². The van der Waals surface area contributed by atoms with Crippen molar-refractivity contribution in [2.75, 3.05) is 26.7 Å². The maximum atomic E-state index is 6.44. The highest BCUT2D eigenvalue weighted by Crippen LogP contribution is 2.47. The molecular weight excluding hydrogens is 282 g/mol. The number of rotatable bonds is 3. The van der Waals surface area contributed by atoms with Gasteiger partial charge in [-0.25, -0.2) is 0 Å². The third-order valence-corrected chi connectivity index (χ3v) is 5.10. The third-order valence-electron chi connectivity index (χ3n) is 4.75. The molecule has 2 unspecified atom stereocenters. The molecule has 0 bridgehead atoms. The van der Waals surface area contributed by atoms with Gasteiger partial charge in [-0.15, -0.1) is 0 Å². The summed E-state index contributed by atoms with van der Waals surface area (Å²) < 4.78 is 6.06. The molecule has 0 aromatic heterocycles. The summed E-state index contributed by atoms with van der Waals surface area (Å²) in [6.45, 7) is 7.16. The number of hydrogen-bond donors (Lipinski definition) is 0. The lowest BCUT2D eigenvalue weighted by molar-refractivity contribution is 0.344. The van der Waals surface area contributed by atoms with E-state index in [1.807, 2.05) is 6.07 Å². The fourth-order valence-corrected chi connectivity index (χ4v) is 4.00. The van der Waals surface area contributed by atoms with Crippen LogP contribution in [0.25, 0.3) is 0 Å². The van der Waals surface area contributed by atoms with Gasteiger partial charge in [0.2, 0.25) is 0 Å². The van der Waals surface area contributed by atoms with Crippen LogP contribution < -0.4 is 4.74 Å². The molecule has 1 aliphatic heterocycles. The van der Waals surface area contributed by atoms with Crippen molar-refractivity contribution < 1.29 is 4.74 Å². The fourth-order valence-electron chi connectivity index (χ4n) is 3.74. The SMILES string of the molecule is CC(C)=CCOc1ccc(Cl)c2c1C1CN(C)CC1CC2. The number of fused-ring (bicyclic) bond motifs is 3. The predicted molar refractivity (Wildman–Crippen MR) is 88.4 cm³/mol. The van der Waals surface area contributed by atoms with Crippen LogP contribution in [0.1, 0.15) is 37.3 Å². The number of hydrogen-bond acceptors (Lipinski definition) is 2. The van der Waals surface area contributed by atoms with Gasteiger partial charge < -0.3 is 9.64 Å². The van der Waals surface area contributed by atoms with Gasteiger partial charge in [0.25, 0.3) is 0 Å². The summed E-state index contributed by atoms with van der Waals surface area (Å²) >= 11 is 6.44. The average molecular weight is 306 g/mol. The van der Waals surface area contributed by atoms with E-state index in [1.54, 1.807) is 0 Å². The lowest BCUT2D eigenvalue weighted by atomic mass is 9.76. The predicted octanol–water partition coefficient (Wildman–Crippen LogP) is 4.28. The van der Waals surface area contributed by atoms with Crippen molar-refractivity contribution in [3.8, 4) is 5.75 Å². The van der Waals surface area contributed by atoms with Gasteiger partial charge in [-0.2, -0.15) is 0 Å². The standard InChI is InChI=1S/C18H24ClNO/c1-12(2)8-9-21-17-7-6-16(19)14-5-4-13-10-20(3)11-15(13)18(14)17/h6-8,13,15H,4-5,9-11H2,1-3H3. The zero-order chi connectivity index (χ0) is 15.0. The van der Waals surface area contributed by atoms with Crippen LogP contribution in [0.4, 0.5) is 0 Å². The Bertz CT molecular complexity index is 563. The molecule has 0 N–H and O–H groups in total. The van der Waals surface area contributed by atoms with E-state index in [4.69, 9.17) is 16.3 Å². The second-order valence-electron chi connectivity index (χ2n) is 6.66. The minimum Gasteiger partial charge on any atom is -0.489 e. The Balaban J connectivity index is 1.93. The Morgan fingerprint density at radius 1 is 1.38 bits per heavy atom.